The average Bonchev–Trinajstić information content (AvgIpc) is 2.74. The summed E-state index contributed by atoms with van der Waals surface area (Å²) in [6.45, 7) is 2.67. The normalized spacial score (nSPS) is 10.3. The molecule has 0 aliphatic carbocycles. The van der Waals surface area contributed by atoms with E-state index in [0.717, 1.165) is 22.4 Å². The van der Waals surface area contributed by atoms with Crippen molar-refractivity contribution in [3.63, 3.8) is 0 Å². The van der Waals surface area contributed by atoms with Crippen molar-refractivity contribution in [3.05, 3.63) is 32.7 Å². The number of nitrogens with zero attached hydrogens (tertiary/aromatic N) is 2. The number of aromatic nitrogens is 2. The summed E-state index contributed by atoms with van der Waals surface area (Å²) in [5.41, 5.74) is 0.919. The lowest BCUT2D eigenvalue weighted by Crippen LogP contribution is -2.04. The highest BCUT2D eigenvalue weighted by Crippen LogP contribution is 2.25. The van der Waals surface area contributed by atoms with E-state index in [0.29, 0.717) is 5.88 Å². The van der Waals surface area contributed by atoms with Crippen LogP contribution in [0.3, 0.4) is 0 Å². The predicted molar refractivity (Wildman–Crippen MR) is 72.7 cm³/mol. The van der Waals surface area contributed by atoms with E-state index in [-0.39, 0.29) is 0 Å². The molecule has 0 radical (unpaired) electrons. The first-order valence-corrected chi connectivity index (χ1v) is 6.71. The Labute approximate surface area is 112 Å². The second kappa shape index (κ2) is 5.46. The summed E-state index contributed by atoms with van der Waals surface area (Å²) >= 11 is 5.20. The lowest BCUT2D eigenvalue weighted by atomic mass is 10.3. The van der Waals surface area contributed by atoms with Gasteiger partial charge in [-0.2, -0.15) is 0 Å². The topological polar surface area (TPSA) is 47.0 Å². The maximum Gasteiger partial charge on any atom is 0.221 e. The van der Waals surface area contributed by atoms with Gasteiger partial charge in [-0.05, 0) is 34.3 Å². The molecule has 2 rings (SSSR count). The lowest BCUT2D eigenvalue weighted by molar-refractivity contribution is 0.393. The van der Waals surface area contributed by atoms with E-state index >= 15 is 0 Å². The molecule has 2 aromatic heterocycles. The van der Waals surface area contributed by atoms with Crippen LogP contribution in [0.2, 0.25) is 0 Å². The third-order valence-electron chi connectivity index (χ3n) is 2.34. The first kappa shape index (κ1) is 12.3. The average molecular weight is 314 g/mol. The first-order valence-electron chi connectivity index (χ1n) is 5.03. The van der Waals surface area contributed by atoms with Crippen LogP contribution in [0.25, 0.3) is 0 Å². The van der Waals surface area contributed by atoms with Crippen molar-refractivity contribution in [3.8, 4) is 5.88 Å². The summed E-state index contributed by atoms with van der Waals surface area (Å²) in [4.78, 5) is 9.48. The number of nitrogens with one attached hydrogen (secondary N) is 1. The molecule has 0 saturated carbocycles. The standard InChI is InChI=1S/C11H12BrN3OS/c1-7-10(14-6-15-11(7)16-2)13-5-9-8(12)3-4-17-9/h3-4,6H,5H2,1-2H3,(H,13,14,15). The smallest absolute Gasteiger partial charge is 0.221 e. The molecule has 0 bridgehead atoms. The van der Waals surface area contributed by atoms with Crippen molar-refractivity contribution in [2.75, 3.05) is 12.4 Å². The molecular formula is C11H12BrN3OS. The van der Waals surface area contributed by atoms with Crippen LogP contribution in [0.5, 0.6) is 5.88 Å². The fourth-order valence-electron chi connectivity index (χ4n) is 1.43. The molecule has 0 spiro atoms. The van der Waals surface area contributed by atoms with Crippen LogP contribution in [0.1, 0.15) is 10.4 Å². The summed E-state index contributed by atoms with van der Waals surface area (Å²) < 4.78 is 6.27. The summed E-state index contributed by atoms with van der Waals surface area (Å²) in [6, 6.07) is 2.04. The third kappa shape index (κ3) is 2.76. The van der Waals surface area contributed by atoms with Gasteiger partial charge in [0.15, 0.2) is 0 Å². The van der Waals surface area contributed by atoms with E-state index < -0.39 is 0 Å². The quantitative estimate of drug-likeness (QED) is 0.941. The van der Waals surface area contributed by atoms with Crippen molar-refractivity contribution in [1.82, 2.24) is 9.97 Å². The summed E-state index contributed by atoms with van der Waals surface area (Å²) in [5.74, 6) is 1.41. The molecule has 1 N–H and O–H groups in total. The Morgan fingerprint density at radius 3 is 2.94 bits per heavy atom. The molecule has 0 amide bonds. The SMILES string of the molecule is COc1ncnc(NCc2sccc2Br)c1C. The van der Waals surface area contributed by atoms with Crippen molar-refractivity contribution in [2.24, 2.45) is 0 Å². The number of hydrogen-bond acceptors (Lipinski definition) is 5. The van der Waals surface area contributed by atoms with Gasteiger partial charge in [0.2, 0.25) is 5.88 Å². The minimum Gasteiger partial charge on any atom is -0.481 e. The molecule has 90 valence electrons. The fraction of sp³-hybridized carbons (Fsp3) is 0.273. The number of thiophene rings is 1. The van der Waals surface area contributed by atoms with Gasteiger partial charge in [0.1, 0.15) is 12.1 Å². The van der Waals surface area contributed by atoms with Crippen LogP contribution in [-0.4, -0.2) is 17.1 Å². The van der Waals surface area contributed by atoms with E-state index in [2.05, 4.69) is 36.6 Å². The van der Waals surface area contributed by atoms with Crippen LogP contribution >= 0.6 is 27.3 Å². The molecular weight excluding hydrogens is 302 g/mol. The summed E-state index contributed by atoms with van der Waals surface area (Å²) in [5, 5.41) is 5.33. The Morgan fingerprint density at radius 2 is 2.29 bits per heavy atom. The minimum absolute atomic E-state index is 0.604. The zero-order chi connectivity index (χ0) is 12.3. The van der Waals surface area contributed by atoms with Gasteiger partial charge in [0.05, 0.1) is 19.2 Å². The lowest BCUT2D eigenvalue weighted by Gasteiger charge is -2.09. The largest absolute Gasteiger partial charge is 0.481 e. The Morgan fingerprint density at radius 1 is 1.47 bits per heavy atom. The number of hydrogen-bond donors (Lipinski definition) is 1. The fourth-order valence-corrected chi connectivity index (χ4v) is 2.87. The first-order chi connectivity index (χ1) is 8.22. The molecule has 0 aliphatic heterocycles. The van der Waals surface area contributed by atoms with Crippen molar-refractivity contribution < 1.29 is 4.74 Å². The van der Waals surface area contributed by atoms with Crippen molar-refractivity contribution in [2.45, 2.75) is 13.5 Å². The number of anilines is 1. The molecule has 6 heteroatoms. The molecule has 0 saturated heterocycles. The van der Waals surface area contributed by atoms with Crippen molar-refractivity contribution >= 4 is 33.1 Å². The van der Waals surface area contributed by atoms with E-state index in [9.17, 15) is 0 Å². The summed E-state index contributed by atoms with van der Waals surface area (Å²) in [7, 11) is 1.61. The van der Waals surface area contributed by atoms with E-state index in [4.69, 9.17) is 4.74 Å². The van der Waals surface area contributed by atoms with Gasteiger partial charge >= 0.3 is 0 Å². The van der Waals surface area contributed by atoms with Gasteiger partial charge in [0.25, 0.3) is 0 Å². The Bertz CT molecular complexity index is 515. The minimum atomic E-state index is 0.604. The zero-order valence-electron chi connectivity index (χ0n) is 9.53. The Balaban J connectivity index is 2.12. The second-order valence-electron chi connectivity index (χ2n) is 3.40. The van der Waals surface area contributed by atoms with Gasteiger partial charge in [-0.3, -0.25) is 0 Å². The maximum atomic E-state index is 5.15. The highest BCUT2D eigenvalue weighted by Gasteiger charge is 2.07. The van der Waals surface area contributed by atoms with E-state index in [1.54, 1.807) is 18.4 Å². The maximum absolute atomic E-state index is 5.15. The van der Waals surface area contributed by atoms with Crippen LogP contribution in [-0.2, 0) is 6.54 Å². The molecule has 2 aromatic rings. The molecule has 0 aliphatic rings. The Hall–Kier alpha value is -1.14. The van der Waals surface area contributed by atoms with Crippen LogP contribution in [0, 0.1) is 6.92 Å². The van der Waals surface area contributed by atoms with Gasteiger partial charge in [0, 0.05) is 9.35 Å². The van der Waals surface area contributed by atoms with Crippen molar-refractivity contribution in [1.29, 1.82) is 0 Å². The van der Waals surface area contributed by atoms with Gasteiger partial charge in [-0.1, -0.05) is 0 Å². The second-order valence-corrected chi connectivity index (χ2v) is 5.26. The van der Waals surface area contributed by atoms with Crippen LogP contribution in [0.15, 0.2) is 22.2 Å². The highest BCUT2D eigenvalue weighted by molar-refractivity contribution is 9.10. The third-order valence-corrected chi connectivity index (χ3v) is 4.26. The van der Waals surface area contributed by atoms with Gasteiger partial charge in [-0.15, -0.1) is 11.3 Å². The molecule has 4 nitrogen and oxygen atoms in total. The zero-order valence-corrected chi connectivity index (χ0v) is 11.9. The number of halogens is 1. The van der Waals surface area contributed by atoms with Gasteiger partial charge in [-0.25, -0.2) is 9.97 Å². The van der Waals surface area contributed by atoms with Crippen LogP contribution in [0.4, 0.5) is 5.82 Å². The molecule has 0 fully saturated rings. The van der Waals surface area contributed by atoms with Gasteiger partial charge < -0.3 is 10.1 Å². The number of ether oxygens (including phenoxy) is 1. The molecule has 0 aromatic carbocycles. The number of rotatable bonds is 4. The number of methoxy groups -OCH3 is 1. The highest BCUT2D eigenvalue weighted by atomic mass is 79.9. The molecule has 0 atom stereocenters. The molecule has 17 heavy (non-hydrogen) atoms. The predicted octanol–water partition coefficient (Wildman–Crippen LogP) is 3.23. The molecule has 2 heterocycles. The molecule has 0 unspecified atom stereocenters. The van der Waals surface area contributed by atoms with E-state index in [1.165, 1.54) is 11.2 Å². The summed E-state index contributed by atoms with van der Waals surface area (Å²) in [6.07, 6.45) is 1.50. The Kier molecular flexibility index (Phi) is 3.96. The van der Waals surface area contributed by atoms with E-state index in [1.807, 2.05) is 13.0 Å². The monoisotopic (exact) mass is 313 g/mol. The van der Waals surface area contributed by atoms with Crippen LogP contribution < -0.4 is 10.1 Å².